The van der Waals surface area contributed by atoms with E-state index in [1.54, 1.807) is 11.3 Å². The summed E-state index contributed by atoms with van der Waals surface area (Å²) < 4.78 is 24.8. The van der Waals surface area contributed by atoms with Crippen LogP contribution < -0.4 is 15.4 Å². The third-order valence-electron chi connectivity index (χ3n) is 4.68. The third kappa shape index (κ3) is 8.16. The van der Waals surface area contributed by atoms with Crippen LogP contribution in [0.3, 0.4) is 0 Å². The van der Waals surface area contributed by atoms with Crippen molar-refractivity contribution in [1.82, 2.24) is 20.3 Å². The Bertz CT molecular complexity index is 668. The molecule has 2 rings (SSSR count). The summed E-state index contributed by atoms with van der Waals surface area (Å²) in [6.45, 7) is 8.84. The number of hydrogen-bond donors (Lipinski definition) is 3. The van der Waals surface area contributed by atoms with Gasteiger partial charge in [-0.1, -0.05) is 13.0 Å². The zero-order valence-electron chi connectivity index (χ0n) is 16.6. The van der Waals surface area contributed by atoms with E-state index >= 15 is 0 Å². The van der Waals surface area contributed by atoms with E-state index in [2.05, 4.69) is 44.7 Å². The summed E-state index contributed by atoms with van der Waals surface area (Å²) in [4.78, 5) is 8.68. The standard InChI is InChI=1S/C18H33N5O2S2/c1-4-19-18(20-9-10-22-27(3,24)25)21-14-16(17-6-5-13-26-17)23-11-7-15(2)8-12-23/h5-6,13,15-16,22H,4,7-12,14H2,1-3H3,(H2,19,20,21). The van der Waals surface area contributed by atoms with Crippen molar-refractivity contribution in [2.45, 2.75) is 32.7 Å². The van der Waals surface area contributed by atoms with E-state index < -0.39 is 10.0 Å². The molecule has 1 atom stereocenters. The van der Waals surface area contributed by atoms with Gasteiger partial charge in [0.05, 0.1) is 18.8 Å². The maximum Gasteiger partial charge on any atom is 0.208 e. The lowest BCUT2D eigenvalue weighted by atomic mass is 9.97. The largest absolute Gasteiger partial charge is 0.357 e. The summed E-state index contributed by atoms with van der Waals surface area (Å²) in [5.74, 6) is 1.52. The maximum absolute atomic E-state index is 11.2. The van der Waals surface area contributed by atoms with Gasteiger partial charge in [-0.05, 0) is 50.2 Å². The smallest absolute Gasteiger partial charge is 0.208 e. The van der Waals surface area contributed by atoms with Gasteiger partial charge in [0.25, 0.3) is 0 Å². The van der Waals surface area contributed by atoms with Gasteiger partial charge in [0.2, 0.25) is 10.0 Å². The fourth-order valence-corrected chi connectivity index (χ4v) is 4.47. The van der Waals surface area contributed by atoms with E-state index in [0.717, 1.165) is 37.8 Å². The van der Waals surface area contributed by atoms with Gasteiger partial charge in [0.15, 0.2) is 5.96 Å². The number of nitrogens with one attached hydrogen (secondary N) is 3. The zero-order chi connectivity index (χ0) is 19.7. The first-order chi connectivity index (χ1) is 12.9. The predicted octanol–water partition coefficient (Wildman–Crippen LogP) is 1.63. The topological polar surface area (TPSA) is 85.8 Å². The van der Waals surface area contributed by atoms with Gasteiger partial charge in [-0.3, -0.25) is 9.89 Å². The predicted molar refractivity (Wildman–Crippen MR) is 114 cm³/mol. The SMILES string of the molecule is CCNC(=NCC(c1cccs1)N1CCC(C)CC1)NCCNS(C)(=O)=O. The van der Waals surface area contributed by atoms with Crippen molar-refractivity contribution in [3.8, 4) is 0 Å². The molecule has 1 fully saturated rings. The Labute approximate surface area is 167 Å². The van der Waals surface area contributed by atoms with Crippen molar-refractivity contribution in [1.29, 1.82) is 0 Å². The van der Waals surface area contributed by atoms with Gasteiger partial charge in [0.1, 0.15) is 0 Å². The fourth-order valence-electron chi connectivity index (χ4n) is 3.14. The molecule has 9 heteroatoms. The molecule has 0 aromatic carbocycles. The Morgan fingerprint density at radius 1 is 1.33 bits per heavy atom. The Hall–Kier alpha value is -1.16. The van der Waals surface area contributed by atoms with Crippen LogP contribution in [0.25, 0.3) is 0 Å². The Morgan fingerprint density at radius 3 is 2.67 bits per heavy atom. The zero-order valence-corrected chi connectivity index (χ0v) is 18.2. The van der Waals surface area contributed by atoms with Crippen LogP contribution >= 0.6 is 11.3 Å². The Balaban J connectivity index is 1.98. The van der Waals surface area contributed by atoms with E-state index in [1.165, 1.54) is 17.7 Å². The number of sulfonamides is 1. The maximum atomic E-state index is 11.2. The van der Waals surface area contributed by atoms with Crippen LogP contribution in [-0.2, 0) is 10.0 Å². The van der Waals surface area contributed by atoms with Gasteiger partial charge in [-0.15, -0.1) is 11.3 Å². The number of piperidine rings is 1. The number of aliphatic imine (C=N–C) groups is 1. The van der Waals surface area contributed by atoms with E-state index in [0.29, 0.717) is 25.7 Å². The number of hydrogen-bond acceptors (Lipinski definition) is 5. The second-order valence-electron chi connectivity index (χ2n) is 7.06. The van der Waals surface area contributed by atoms with Crippen molar-refractivity contribution in [3.63, 3.8) is 0 Å². The van der Waals surface area contributed by atoms with Crippen molar-refractivity contribution >= 4 is 27.3 Å². The van der Waals surface area contributed by atoms with Gasteiger partial charge in [-0.2, -0.15) is 0 Å². The molecule has 0 amide bonds. The molecule has 1 unspecified atom stereocenters. The highest BCUT2D eigenvalue weighted by Crippen LogP contribution is 2.29. The van der Waals surface area contributed by atoms with Crippen LogP contribution in [0, 0.1) is 5.92 Å². The molecule has 1 aliphatic heterocycles. The lowest BCUT2D eigenvalue weighted by Gasteiger charge is -2.35. The van der Waals surface area contributed by atoms with Crippen LogP contribution in [0.1, 0.15) is 37.6 Å². The normalized spacial score (nSPS) is 18.4. The highest BCUT2D eigenvalue weighted by atomic mass is 32.2. The molecule has 7 nitrogen and oxygen atoms in total. The second-order valence-corrected chi connectivity index (χ2v) is 9.87. The van der Waals surface area contributed by atoms with E-state index in [1.807, 2.05) is 6.92 Å². The molecular weight excluding hydrogens is 382 g/mol. The summed E-state index contributed by atoms with van der Waals surface area (Å²) in [5, 5.41) is 8.56. The fraction of sp³-hybridized carbons (Fsp3) is 0.722. The van der Waals surface area contributed by atoms with E-state index in [9.17, 15) is 8.42 Å². The highest BCUT2D eigenvalue weighted by molar-refractivity contribution is 7.88. The summed E-state index contributed by atoms with van der Waals surface area (Å²) in [6, 6.07) is 4.59. The first kappa shape index (κ1) is 22.1. The first-order valence-electron chi connectivity index (χ1n) is 9.63. The third-order valence-corrected chi connectivity index (χ3v) is 6.38. The van der Waals surface area contributed by atoms with Crippen LogP contribution in [0.5, 0.6) is 0 Å². The second kappa shape index (κ2) is 11.0. The lowest BCUT2D eigenvalue weighted by Crippen LogP contribution is -2.42. The minimum atomic E-state index is -3.16. The van der Waals surface area contributed by atoms with Crippen molar-refractivity contribution in [2.24, 2.45) is 10.9 Å². The van der Waals surface area contributed by atoms with Gasteiger partial charge in [0, 0.05) is 24.5 Å². The van der Waals surface area contributed by atoms with E-state index in [-0.39, 0.29) is 0 Å². The number of nitrogens with zero attached hydrogens (tertiary/aromatic N) is 2. The van der Waals surface area contributed by atoms with Crippen LogP contribution in [0.2, 0.25) is 0 Å². The summed E-state index contributed by atoms with van der Waals surface area (Å²) in [6.07, 6.45) is 3.64. The van der Waals surface area contributed by atoms with Crippen molar-refractivity contribution in [3.05, 3.63) is 22.4 Å². The molecule has 27 heavy (non-hydrogen) atoms. The number of likely N-dealkylation sites (tertiary alicyclic amines) is 1. The Kier molecular flexibility index (Phi) is 9.01. The summed E-state index contributed by atoms with van der Waals surface area (Å²) in [7, 11) is -3.16. The summed E-state index contributed by atoms with van der Waals surface area (Å²) >= 11 is 1.79. The first-order valence-corrected chi connectivity index (χ1v) is 12.4. The van der Waals surface area contributed by atoms with Crippen LogP contribution in [0.4, 0.5) is 0 Å². The molecule has 0 saturated carbocycles. The van der Waals surface area contributed by atoms with Gasteiger partial charge < -0.3 is 10.6 Å². The molecule has 0 bridgehead atoms. The van der Waals surface area contributed by atoms with Gasteiger partial charge in [-0.25, -0.2) is 13.1 Å². The van der Waals surface area contributed by atoms with E-state index in [4.69, 9.17) is 4.99 Å². The Morgan fingerprint density at radius 2 is 2.07 bits per heavy atom. The number of guanidine groups is 1. The molecule has 0 spiro atoms. The molecule has 0 radical (unpaired) electrons. The molecule has 3 N–H and O–H groups in total. The molecule has 2 heterocycles. The average Bonchev–Trinajstić information content (AvgIpc) is 3.13. The van der Waals surface area contributed by atoms with Crippen molar-refractivity contribution < 1.29 is 8.42 Å². The molecule has 154 valence electrons. The lowest BCUT2D eigenvalue weighted by molar-refractivity contribution is 0.143. The van der Waals surface area contributed by atoms with Crippen LogP contribution in [-0.4, -0.2) is 64.8 Å². The monoisotopic (exact) mass is 415 g/mol. The minimum absolute atomic E-state index is 0.294. The van der Waals surface area contributed by atoms with Crippen LogP contribution in [0.15, 0.2) is 22.5 Å². The quantitative estimate of drug-likeness (QED) is 0.324. The molecule has 1 aromatic rings. The average molecular weight is 416 g/mol. The summed E-state index contributed by atoms with van der Waals surface area (Å²) in [5.41, 5.74) is 0. The number of thiophene rings is 1. The van der Waals surface area contributed by atoms with Gasteiger partial charge >= 0.3 is 0 Å². The van der Waals surface area contributed by atoms with Crippen molar-refractivity contribution in [2.75, 3.05) is 45.5 Å². The molecule has 0 aliphatic carbocycles. The molecular formula is C18H33N5O2S2. The molecule has 1 saturated heterocycles. The highest BCUT2D eigenvalue weighted by Gasteiger charge is 2.25. The number of rotatable bonds is 9. The minimum Gasteiger partial charge on any atom is -0.357 e. The molecule has 1 aliphatic rings. The molecule has 1 aromatic heterocycles.